The van der Waals surface area contributed by atoms with Gasteiger partial charge in [-0.15, -0.1) is 0 Å². The minimum atomic E-state index is 0.793. The van der Waals surface area contributed by atoms with E-state index in [1.807, 2.05) is 36.5 Å². The molecule has 0 radical (unpaired) electrons. The molecule has 94 valence electrons. The minimum absolute atomic E-state index is 0.793. The minimum Gasteiger partial charge on any atom is -0.236 e. The SMILES string of the molecule is Cc1cnc(-c2ccccc2)nc1C1=CCCC=C1. The molecular formula is C17H16N2. The second-order valence-electron chi connectivity index (χ2n) is 4.73. The first-order valence-electron chi connectivity index (χ1n) is 6.61. The average molecular weight is 248 g/mol. The number of benzene rings is 1. The zero-order valence-electron chi connectivity index (χ0n) is 11.0. The van der Waals surface area contributed by atoms with Crippen molar-refractivity contribution in [3.8, 4) is 11.4 Å². The van der Waals surface area contributed by atoms with Crippen molar-refractivity contribution in [3.63, 3.8) is 0 Å². The lowest BCUT2D eigenvalue weighted by Gasteiger charge is -2.10. The van der Waals surface area contributed by atoms with Crippen LogP contribution in [0.1, 0.15) is 24.1 Å². The zero-order valence-corrected chi connectivity index (χ0v) is 11.0. The molecule has 1 aliphatic rings. The second-order valence-corrected chi connectivity index (χ2v) is 4.73. The molecule has 1 aromatic heterocycles. The van der Waals surface area contributed by atoms with Gasteiger partial charge in [0.05, 0.1) is 5.69 Å². The summed E-state index contributed by atoms with van der Waals surface area (Å²) in [6, 6.07) is 10.1. The van der Waals surface area contributed by atoms with Gasteiger partial charge in [0, 0.05) is 11.8 Å². The fraction of sp³-hybridized carbons (Fsp3) is 0.176. The Morgan fingerprint density at radius 3 is 2.63 bits per heavy atom. The molecule has 0 amide bonds. The Morgan fingerprint density at radius 1 is 1.05 bits per heavy atom. The highest BCUT2D eigenvalue weighted by molar-refractivity contribution is 5.75. The molecule has 0 aliphatic heterocycles. The molecule has 3 rings (SSSR count). The molecule has 1 aliphatic carbocycles. The van der Waals surface area contributed by atoms with Crippen LogP contribution in [0.4, 0.5) is 0 Å². The van der Waals surface area contributed by atoms with E-state index in [-0.39, 0.29) is 0 Å². The molecular weight excluding hydrogens is 232 g/mol. The van der Waals surface area contributed by atoms with E-state index in [1.165, 1.54) is 5.57 Å². The van der Waals surface area contributed by atoms with Crippen molar-refractivity contribution in [2.45, 2.75) is 19.8 Å². The molecule has 1 aromatic carbocycles. The van der Waals surface area contributed by atoms with Gasteiger partial charge in [-0.05, 0) is 30.9 Å². The molecule has 0 N–H and O–H groups in total. The lowest BCUT2D eigenvalue weighted by atomic mass is 10.0. The van der Waals surface area contributed by atoms with Crippen LogP contribution in [0.25, 0.3) is 17.0 Å². The Balaban J connectivity index is 2.06. The third-order valence-corrected chi connectivity index (χ3v) is 3.27. The normalized spacial score (nSPS) is 14.3. The highest BCUT2D eigenvalue weighted by Crippen LogP contribution is 2.24. The van der Waals surface area contributed by atoms with Crippen molar-refractivity contribution < 1.29 is 0 Å². The molecule has 0 atom stereocenters. The van der Waals surface area contributed by atoms with Gasteiger partial charge >= 0.3 is 0 Å². The molecule has 0 spiro atoms. The molecule has 0 saturated heterocycles. The summed E-state index contributed by atoms with van der Waals surface area (Å²) < 4.78 is 0. The van der Waals surface area contributed by atoms with Crippen LogP contribution in [-0.2, 0) is 0 Å². The molecule has 19 heavy (non-hydrogen) atoms. The van der Waals surface area contributed by atoms with Crippen molar-refractivity contribution in [2.75, 3.05) is 0 Å². The smallest absolute Gasteiger partial charge is 0.159 e. The van der Waals surface area contributed by atoms with Gasteiger partial charge in [0.25, 0.3) is 0 Å². The molecule has 2 heteroatoms. The third kappa shape index (κ3) is 2.48. The standard InChI is InChI=1S/C17H16N2/c1-13-12-18-17(15-10-6-3-7-11-15)19-16(13)14-8-4-2-5-9-14/h3-4,6-12H,2,5H2,1H3. The van der Waals surface area contributed by atoms with Gasteiger partial charge < -0.3 is 0 Å². The summed E-state index contributed by atoms with van der Waals surface area (Å²) in [6.45, 7) is 2.06. The quantitative estimate of drug-likeness (QED) is 0.796. The first-order chi connectivity index (χ1) is 9.34. The Morgan fingerprint density at radius 2 is 1.89 bits per heavy atom. The monoisotopic (exact) mass is 248 g/mol. The predicted molar refractivity (Wildman–Crippen MR) is 78.6 cm³/mol. The zero-order chi connectivity index (χ0) is 13.1. The molecule has 0 bridgehead atoms. The van der Waals surface area contributed by atoms with Gasteiger partial charge in [0.1, 0.15) is 0 Å². The van der Waals surface area contributed by atoms with Crippen LogP contribution in [0.5, 0.6) is 0 Å². The van der Waals surface area contributed by atoms with Gasteiger partial charge in [-0.25, -0.2) is 9.97 Å². The lowest BCUT2D eigenvalue weighted by molar-refractivity contribution is 1.03. The van der Waals surface area contributed by atoms with Crippen molar-refractivity contribution in [1.82, 2.24) is 9.97 Å². The van der Waals surface area contributed by atoms with E-state index in [9.17, 15) is 0 Å². The molecule has 2 aromatic rings. The third-order valence-electron chi connectivity index (χ3n) is 3.27. The fourth-order valence-corrected chi connectivity index (χ4v) is 2.25. The first kappa shape index (κ1) is 11.8. The summed E-state index contributed by atoms with van der Waals surface area (Å²) in [6.07, 6.45) is 10.7. The summed E-state index contributed by atoms with van der Waals surface area (Å²) in [7, 11) is 0. The molecule has 2 nitrogen and oxygen atoms in total. The van der Waals surface area contributed by atoms with Gasteiger partial charge in [-0.3, -0.25) is 0 Å². The number of aryl methyl sites for hydroxylation is 1. The Bertz CT molecular complexity index is 640. The van der Waals surface area contributed by atoms with Crippen LogP contribution in [-0.4, -0.2) is 9.97 Å². The summed E-state index contributed by atoms with van der Waals surface area (Å²) in [4.78, 5) is 9.18. The summed E-state index contributed by atoms with van der Waals surface area (Å²) >= 11 is 0. The number of allylic oxidation sites excluding steroid dienone is 4. The fourth-order valence-electron chi connectivity index (χ4n) is 2.25. The Hall–Kier alpha value is -2.22. The average Bonchev–Trinajstić information content (AvgIpc) is 2.49. The second kappa shape index (κ2) is 5.19. The maximum Gasteiger partial charge on any atom is 0.159 e. The van der Waals surface area contributed by atoms with E-state index in [0.717, 1.165) is 35.5 Å². The maximum atomic E-state index is 4.74. The summed E-state index contributed by atoms with van der Waals surface area (Å²) in [5.41, 5.74) is 4.44. The molecule has 0 saturated carbocycles. The van der Waals surface area contributed by atoms with Crippen LogP contribution in [0, 0.1) is 6.92 Å². The van der Waals surface area contributed by atoms with E-state index < -0.39 is 0 Å². The Kier molecular flexibility index (Phi) is 3.23. The number of aromatic nitrogens is 2. The van der Waals surface area contributed by atoms with Crippen molar-refractivity contribution in [2.24, 2.45) is 0 Å². The van der Waals surface area contributed by atoms with E-state index in [4.69, 9.17) is 4.98 Å². The van der Waals surface area contributed by atoms with Crippen LogP contribution in [0.3, 0.4) is 0 Å². The highest BCUT2D eigenvalue weighted by Gasteiger charge is 2.09. The van der Waals surface area contributed by atoms with Crippen LogP contribution in [0.2, 0.25) is 0 Å². The van der Waals surface area contributed by atoms with E-state index in [0.29, 0.717) is 0 Å². The van der Waals surface area contributed by atoms with Crippen molar-refractivity contribution in [3.05, 3.63) is 66.0 Å². The lowest BCUT2D eigenvalue weighted by Crippen LogP contribution is -1.98. The van der Waals surface area contributed by atoms with Gasteiger partial charge in [0.2, 0.25) is 0 Å². The molecule has 0 unspecified atom stereocenters. The van der Waals surface area contributed by atoms with Crippen LogP contribution < -0.4 is 0 Å². The van der Waals surface area contributed by atoms with Crippen LogP contribution in [0.15, 0.2) is 54.8 Å². The highest BCUT2D eigenvalue weighted by atomic mass is 14.9. The molecule has 1 heterocycles. The topological polar surface area (TPSA) is 25.8 Å². The number of hydrogen-bond acceptors (Lipinski definition) is 2. The van der Waals surface area contributed by atoms with E-state index >= 15 is 0 Å². The summed E-state index contributed by atoms with van der Waals surface area (Å²) in [5.74, 6) is 0.793. The van der Waals surface area contributed by atoms with E-state index in [2.05, 4.69) is 30.1 Å². The summed E-state index contributed by atoms with van der Waals surface area (Å²) in [5, 5.41) is 0. The van der Waals surface area contributed by atoms with Crippen molar-refractivity contribution in [1.29, 1.82) is 0 Å². The van der Waals surface area contributed by atoms with Gasteiger partial charge in [0.15, 0.2) is 5.82 Å². The largest absolute Gasteiger partial charge is 0.236 e. The Labute approximate surface area is 113 Å². The van der Waals surface area contributed by atoms with Gasteiger partial charge in [-0.2, -0.15) is 0 Å². The maximum absolute atomic E-state index is 4.74. The van der Waals surface area contributed by atoms with E-state index in [1.54, 1.807) is 0 Å². The van der Waals surface area contributed by atoms with Crippen molar-refractivity contribution >= 4 is 5.57 Å². The number of rotatable bonds is 2. The predicted octanol–water partition coefficient (Wildman–Crippen LogP) is 4.19. The molecule has 0 fully saturated rings. The van der Waals surface area contributed by atoms with Gasteiger partial charge in [-0.1, -0.05) is 48.6 Å². The van der Waals surface area contributed by atoms with Crippen LogP contribution >= 0.6 is 0 Å². The number of nitrogens with zero attached hydrogens (tertiary/aromatic N) is 2. The number of hydrogen-bond donors (Lipinski definition) is 0. The first-order valence-corrected chi connectivity index (χ1v) is 6.61.